The summed E-state index contributed by atoms with van der Waals surface area (Å²) in [5.74, 6) is 2.40. The molecule has 4 heterocycles. The minimum absolute atomic E-state index is 0. The van der Waals surface area contributed by atoms with Gasteiger partial charge in [0, 0.05) is 43.2 Å². The minimum Gasteiger partial charge on any atom is -0.341 e. The Labute approximate surface area is 176 Å². The smallest absolute Gasteiger partial charge is 0.251 e. The summed E-state index contributed by atoms with van der Waals surface area (Å²) in [5, 5.41) is 3.38. The largest absolute Gasteiger partial charge is 0.341 e. The summed E-state index contributed by atoms with van der Waals surface area (Å²) in [4.78, 5) is 28.0. The van der Waals surface area contributed by atoms with Crippen molar-refractivity contribution in [3.63, 3.8) is 0 Å². The minimum atomic E-state index is 0. The topological polar surface area (TPSA) is 54.3 Å². The van der Waals surface area contributed by atoms with E-state index in [0.717, 1.165) is 56.0 Å². The maximum Gasteiger partial charge on any atom is 0.251 e. The molecular formula is C23H26ClN3O2. The first kappa shape index (κ1) is 18.9. The predicted molar refractivity (Wildman–Crippen MR) is 114 cm³/mol. The number of fused-ring (bicyclic) bond motifs is 5. The Morgan fingerprint density at radius 3 is 2.48 bits per heavy atom. The van der Waals surface area contributed by atoms with Crippen LogP contribution in [0.4, 0.5) is 0 Å². The summed E-state index contributed by atoms with van der Waals surface area (Å²) < 4.78 is 1.96. The molecule has 3 aliphatic heterocycles. The number of piperidine rings is 2. The van der Waals surface area contributed by atoms with Crippen molar-refractivity contribution in [3.05, 3.63) is 58.5 Å². The van der Waals surface area contributed by atoms with E-state index in [1.165, 1.54) is 0 Å². The first-order valence-corrected chi connectivity index (χ1v) is 10.5. The maximum atomic E-state index is 13.1. The van der Waals surface area contributed by atoms with Gasteiger partial charge in [0.05, 0.1) is 0 Å². The Balaban J connectivity index is 0.00000181. The summed E-state index contributed by atoms with van der Waals surface area (Å²) in [6.45, 7) is 4.31. The Morgan fingerprint density at radius 2 is 1.72 bits per heavy atom. The van der Waals surface area contributed by atoms with Gasteiger partial charge in [-0.25, -0.2) is 0 Å². The van der Waals surface area contributed by atoms with Gasteiger partial charge >= 0.3 is 0 Å². The number of rotatable bonds is 2. The fourth-order valence-corrected chi connectivity index (χ4v) is 5.93. The third-order valence-electron chi connectivity index (χ3n) is 7.35. The molecule has 6 rings (SSSR count). The number of halogens is 1. The van der Waals surface area contributed by atoms with Gasteiger partial charge in [-0.2, -0.15) is 0 Å². The standard InChI is InChI=1S/C23H25N3O2.ClH/c27-21-8-16(15-4-2-1-3-5-15)7-20-17-6-14(12-26(20)21)11-25(13-17)23(28)22-18-9-24-10-19(18)22;/h1-5,7-8,14,17-19,22,24H,6,9-13H2;1H/t14-,17+,18-,19+,22?;/m0./s1. The fraction of sp³-hybridized carbons (Fsp3) is 0.478. The molecule has 6 heteroatoms. The van der Waals surface area contributed by atoms with Gasteiger partial charge in [0.2, 0.25) is 5.91 Å². The summed E-state index contributed by atoms with van der Waals surface area (Å²) in [7, 11) is 0. The van der Waals surface area contributed by atoms with E-state index in [2.05, 4.69) is 16.3 Å². The van der Waals surface area contributed by atoms with Gasteiger partial charge in [-0.3, -0.25) is 9.59 Å². The van der Waals surface area contributed by atoms with E-state index in [1.807, 2.05) is 34.9 Å². The van der Waals surface area contributed by atoms with Crippen LogP contribution in [0, 0.1) is 23.7 Å². The van der Waals surface area contributed by atoms with Crippen LogP contribution in [0.5, 0.6) is 0 Å². The Morgan fingerprint density at radius 1 is 0.966 bits per heavy atom. The molecule has 152 valence electrons. The summed E-state index contributed by atoms with van der Waals surface area (Å²) in [6, 6.07) is 14.0. The molecule has 1 amide bonds. The van der Waals surface area contributed by atoms with Crippen LogP contribution in [0.2, 0.25) is 0 Å². The Bertz CT molecular complexity index is 995. The molecule has 2 saturated heterocycles. The first-order chi connectivity index (χ1) is 13.7. The van der Waals surface area contributed by atoms with Crippen LogP contribution in [0.1, 0.15) is 18.0 Å². The van der Waals surface area contributed by atoms with Crippen LogP contribution >= 0.6 is 12.4 Å². The van der Waals surface area contributed by atoms with Gasteiger partial charge < -0.3 is 14.8 Å². The highest BCUT2D eigenvalue weighted by atomic mass is 35.5. The number of carbonyl (C=O) groups is 1. The average molecular weight is 412 g/mol. The highest BCUT2D eigenvalue weighted by molar-refractivity contribution is 5.85. The lowest BCUT2D eigenvalue weighted by atomic mass is 9.82. The van der Waals surface area contributed by atoms with Gasteiger partial charge in [-0.15, -0.1) is 12.4 Å². The predicted octanol–water partition coefficient (Wildman–Crippen LogP) is 2.35. The normalized spacial score (nSPS) is 31.4. The molecule has 0 radical (unpaired) electrons. The van der Waals surface area contributed by atoms with E-state index in [1.54, 1.807) is 6.07 Å². The zero-order valence-corrected chi connectivity index (χ0v) is 17.1. The van der Waals surface area contributed by atoms with Gasteiger partial charge in [0.1, 0.15) is 0 Å². The molecule has 1 saturated carbocycles. The molecule has 1 aromatic heterocycles. The highest BCUT2D eigenvalue weighted by Crippen LogP contribution is 2.50. The van der Waals surface area contributed by atoms with E-state index >= 15 is 0 Å². The van der Waals surface area contributed by atoms with Gasteiger partial charge in [0.25, 0.3) is 5.56 Å². The lowest BCUT2D eigenvalue weighted by Gasteiger charge is -2.43. The number of nitrogens with one attached hydrogen (secondary N) is 1. The number of aromatic nitrogens is 1. The van der Waals surface area contributed by atoms with Crippen molar-refractivity contribution in [1.29, 1.82) is 0 Å². The zero-order chi connectivity index (χ0) is 18.8. The Kier molecular flexibility index (Phi) is 4.56. The number of carbonyl (C=O) groups excluding carboxylic acids is 1. The second-order valence-corrected chi connectivity index (χ2v) is 9.04. The molecule has 5 atom stereocenters. The summed E-state index contributed by atoms with van der Waals surface area (Å²) in [6.07, 6.45) is 1.08. The van der Waals surface area contributed by atoms with Crippen LogP contribution < -0.4 is 10.9 Å². The molecule has 4 aliphatic rings. The van der Waals surface area contributed by atoms with Crippen molar-refractivity contribution in [3.8, 4) is 11.1 Å². The van der Waals surface area contributed by atoms with Crippen molar-refractivity contribution in [2.24, 2.45) is 23.7 Å². The van der Waals surface area contributed by atoms with Crippen molar-refractivity contribution >= 4 is 18.3 Å². The Hall–Kier alpha value is -2.11. The number of nitrogens with zero attached hydrogens (tertiary/aromatic N) is 2. The summed E-state index contributed by atoms with van der Waals surface area (Å²) in [5.41, 5.74) is 3.26. The fourth-order valence-electron chi connectivity index (χ4n) is 5.93. The van der Waals surface area contributed by atoms with E-state index in [9.17, 15) is 9.59 Å². The quantitative estimate of drug-likeness (QED) is 0.825. The van der Waals surface area contributed by atoms with E-state index < -0.39 is 0 Å². The molecule has 1 aromatic carbocycles. The molecule has 2 bridgehead atoms. The summed E-state index contributed by atoms with van der Waals surface area (Å²) >= 11 is 0. The third-order valence-corrected chi connectivity index (χ3v) is 7.35. The molecule has 1 N–H and O–H groups in total. The first-order valence-electron chi connectivity index (χ1n) is 10.5. The van der Waals surface area contributed by atoms with Crippen molar-refractivity contribution in [2.75, 3.05) is 26.2 Å². The molecule has 29 heavy (non-hydrogen) atoms. The maximum absolute atomic E-state index is 13.1. The third kappa shape index (κ3) is 3.03. The van der Waals surface area contributed by atoms with Crippen molar-refractivity contribution in [1.82, 2.24) is 14.8 Å². The second-order valence-electron chi connectivity index (χ2n) is 9.04. The monoisotopic (exact) mass is 411 g/mol. The molecule has 3 fully saturated rings. The van der Waals surface area contributed by atoms with Gasteiger partial charge in [-0.05, 0) is 54.5 Å². The van der Waals surface area contributed by atoms with Crippen LogP contribution in [0.3, 0.4) is 0 Å². The number of hydrogen-bond donors (Lipinski definition) is 1. The number of hydrogen-bond acceptors (Lipinski definition) is 3. The van der Waals surface area contributed by atoms with Crippen molar-refractivity contribution < 1.29 is 4.79 Å². The molecular weight excluding hydrogens is 386 g/mol. The lowest BCUT2D eigenvalue weighted by Crippen LogP contribution is -2.50. The van der Waals surface area contributed by atoms with E-state index in [4.69, 9.17) is 0 Å². The number of amides is 1. The number of likely N-dealkylation sites (tertiary alicyclic amines) is 1. The van der Waals surface area contributed by atoms with Crippen LogP contribution in [0.25, 0.3) is 11.1 Å². The van der Waals surface area contributed by atoms with Crippen LogP contribution in [-0.2, 0) is 11.3 Å². The molecule has 1 unspecified atom stereocenters. The highest BCUT2D eigenvalue weighted by Gasteiger charge is 2.58. The zero-order valence-electron chi connectivity index (χ0n) is 16.3. The SMILES string of the molecule is Cl.O=C(C1[C@H]2CNC[C@@H]12)N1C[C@@H]2C[C@H](C1)c1cc(-c3ccccc3)cc(=O)n1C2. The van der Waals surface area contributed by atoms with E-state index in [-0.39, 0.29) is 29.8 Å². The van der Waals surface area contributed by atoms with Crippen molar-refractivity contribution in [2.45, 2.75) is 18.9 Å². The van der Waals surface area contributed by atoms with Crippen LogP contribution in [-0.4, -0.2) is 41.6 Å². The average Bonchev–Trinajstić information content (AvgIpc) is 3.19. The second kappa shape index (κ2) is 6.99. The lowest BCUT2D eigenvalue weighted by molar-refractivity contribution is -0.136. The van der Waals surface area contributed by atoms with Crippen LogP contribution in [0.15, 0.2) is 47.3 Å². The number of pyridine rings is 1. The molecule has 0 spiro atoms. The van der Waals surface area contributed by atoms with Gasteiger partial charge in [-0.1, -0.05) is 30.3 Å². The molecule has 1 aliphatic carbocycles. The number of benzene rings is 1. The van der Waals surface area contributed by atoms with E-state index in [0.29, 0.717) is 23.7 Å². The molecule has 5 nitrogen and oxygen atoms in total. The molecule has 2 aromatic rings. The van der Waals surface area contributed by atoms with Gasteiger partial charge in [0.15, 0.2) is 0 Å².